The highest BCUT2D eigenvalue weighted by Crippen LogP contribution is 2.35. The van der Waals surface area contributed by atoms with Crippen molar-refractivity contribution in [2.75, 3.05) is 5.73 Å². The summed E-state index contributed by atoms with van der Waals surface area (Å²) in [7, 11) is 0. The van der Waals surface area contributed by atoms with Crippen molar-refractivity contribution in [2.24, 2.45) is 0 Å². The number of alkyl halides is 3. The fourth-order valence-corrected chi connectivity index (χ4v) is 2.73. The monoisotopic (exact) mass is 344 g/mol. The number of phenols is 1. The molecule has 3 nitrogen and oxygen atoms in total. The second-order valence-electron chi connectivity index (χ2n) is 5.54. The molecule has 0 amide bonds. The highest BCUT2D eigenvalue weighted by Gasteiger charge is 2.31. The Balaban J connectivity index is 2.17. The van der Waals surface area contributed by atoms with Gasteiger partial charge in [0.05, 0.1) is 16.8 Å². The maximum absolute atomic E-state index is 13.0. The Labute approximate surface area is 142 Å². The van der Waals surface area contributed by atoms with Crippen molar-refractivity contribution in [1.82, 2.24) is 4.57 Å². The van der Waals surface area contributed by atoms with E-state index in [2.05, 4.69) is 11.8 Å². The molecule has 2 aromatic carbocycles. The van der Waals surface area contributed by atoms with E-state index >= 15 is 0 Å². The van der Waals surface area contributed by atoms with E-state index in [9.17, 15) is 18.3 Å². The van der Waals surface area contributed by atoms with Gasteiger partial charge in [-0.15, -0.1) is 0 Å². The van der Waals surface area contributed by atoms with Crippen LogP contribution in [0.15, 0.2) is 42.5 Å². The number of aromatic nitrogens is 1. The number of nitrogens with two attached hydrogens (primary N) is 1. The van der Waals surface area contributed by atoms with Crippen LogP contribution in [0.5, 0.6) is 5.75 Å². The Morgan fingerprint density at radius 1 is 1.12 bits per heavy atom. The van der Waals surface area contributed by atoms with Crippen molar-refractivity contribution in [2.45, 2.75) is 19.6 Å². The molecule has 128 valence electrons. The second-order valence-corrected chi connectivity index (χ2v) is 5.54. The number of hydrogen-bond donors (Lipinski definition) is 2. The van der Waals surface area contributed by atoms with Gasteiger partial charge in [0.25, 0.3) is 0 Å². The van der Waals surface area contributed by atoms with Gasteiger partial charge in [0.1, 0.15) is 11.4 Å². The minimum atomic E-state index is -4.42. The Morgan fingerprint density at radius 3 is 2.52 bits per heavy atom. The molecule has 0 unspecified atom stereocenters. The first-order valence-electron chi connectivity index (χ1n) is 7.61. The van der Waals surface area contributed by atoms with Gasteiger partial charge in [-0.2, -0.15) is 13.2 Å². The zero-order chi connectivity index (χ0) is 18.2. The maximum Gasteiger partial charge on any atom is 0.416 e. The molecule has 0 fully saturated rings. The molecule has 0 saturated heterocycles. The number of halogens is 3. The van der Waals surface area contributed by atoms with Gasteiger partial charge in [-0.25, -0.2) is 0 Å². The van der Waals surface area contributed by atoms with E-state index < -0.39 is 11.7 Å². The molecule has 1 heterocycles. The van der Waals surface area contributed by atoms with Crippen LogP contribution in [0.1, 0.15) is 23.7 Å². The summed E-state index contributed by atoms with van der Waals surface area (Å²) in [6.07, 6.45) is -4.42. The topological polar surface area (TPSA) is 51.2 Å². The summed E-state index contributed by atoms with van der Waals surface area (Å²) >= 11 is 0. The number of anilines is 1. The SMILES string of the molecule is CCn1c(C#Cc2cccc(O)c2)c(N)c2ccc(C(F)(F)F)cc21. The molecular formula is C19H15F3N2O. The Morgan fingerprint density at radius 2 is 1.88 bits per heavy atom. The minimum absolute atomic E-state index is 0.0885. The Kier molecular flexibility index (Phi) is 4.09. The maximum atomic E-state index is 13.0. The molecule has 0 bridgehead atoms. The third kappa shape index (κ3) is 3.13. The number of nitrogens with zero attached hydrogens (tertiary/aromatic N) is 1. The van der Waals surface area contributed by atoms with E-state index in [1.807, 2.05) is 6.92 Å². The molecule has 0 aliphatic carbocycles. The predicted octanol–water partition coefficient (Wildman–Crippen LogP) is 4.37. The van der Waals surface area contributed by atoms with Crippen LogP contribution >= 0.6 is 0 Å². The summed E-state index contributed by atoms with van der Waals surface area (Å²) in [4.78, 5) is 0. The van der Waals surface area contributed by atoms with Crippen LogP contribution in [0.2, 0.25) is 0 Å². The molecule has 6 heteroatoms. The second kappa shape index (κ2) is 6.10. The van der Waals surface area contributed by atoms with Crippen molar-refractivity contribution in [3.63, 3.8) is 0 Å². The highest BCUT2D eigenvalue weighted by molar-refractivity contribution is 5.96. The highest BCUT2D eigenvalue weighted by atomic mass is 19.4. The molecule has 1 aromatic heterocycles. The zero-order valence-electron chi connectivity index (χ0n) is 13.4. The summed E-state index contributed by atoms with van der Waals surface area (Å²) in [6, 6.07) is 9.90. The molecule has 0 aliphatic rings. The third-order valence-electron chi connectivity index (χ3n) is 3.92. The van der Waals surface area contributed by atoms with Crippen LogP contribution in [0, 0.1) is 11.8 Å². The van der Waals surface area contributed by atoms with E-state index in [1.54, 1.807) is 16.7 Å². The summed E-state index contributed by atoms with van der Waals surface area (Å²) in [6.45, 7) is 2.25. The van der Waals surface area contributed by atoms with Gasteiger partial charge >= 0.3 is 6.18 Å². The average Bonchev–Trinajstić information content (AvgIpc) is 2.83. The lowest BCUT2D eigenvalue weighted by atomic mass is 10.1. The fraction of sp³-hybridized carbons (Fsp3) is 0.158. The van der Waals surface area contributed by atoms with Crippen molar-refractivity contribution < 1.29 is 18.3 Å². The summed E-state index contributed by atoms with van der Waals surface area (Å²) in [5.74, 6) is 5.90. The lowest BCUT2D eigenvalue weighted by Gasteiger charge is -2.08. The quantitative estimate of drug-likeness (QED) is 0.644. The number of rotatable bonds is 1. The first-order chi connectivity index (χ1) is 11.8. The molecule has 0 spiro atoms. The predicted molar refractivity (Wildman–Crippen MR) is 91.1 cm³/mol. The van der Waals surface area contributed by atoms with E-state index in [0.717, 1.165) is 12.1 Å². The summed E-state index contributed by atoms with van der Waals surface area (Å²) < 4.78 is 40.6. The number of fused-ring (bicyclic) bond motifs is 1. The average molecular weight is 344 g/mol. The number of nitrogen functional groups attached to an aromatic ring is 1. The Hall–Kier alpha value is -3.07. The van der Waals surface area contributed by atoms with Crippen LogP contribution < -0.4 is 5.73 Å². The van der Waals surface area contributed by atoms with Crippen LogP contribution in [0.3, 0.4) is 0 Å². The van der Waals surface area contributed by atoms with E-state index in [0.29, 0.717) is 34.4 Å². The van der Waals surface area contributed by atoms with Gasteiger partial charge in [0.15, 0.2) is 0 Å². The van der Waals surface area contributed by atoms with Crippen LogP contribution in [0.4, 0.5) is 18.9 Å². The van der Waals surface area contributed by atoms with Crippen LogP contribution in [-0.4, -0.2) is 9.67 Å². The summed E-state index contributed by atoms with van der Waals surface area (Å²) in [5.41, 5.74) is 7.18. The van der Waals surface area contributed by atoms with Crippen LogP contribution in [-0.2, 0) is 12.7 Å². The van der Waals surface area contributed by atoms with Gasteiger partial charge in [-0.1, -0.05) is 18.1 Å². The molecule has 3 rings (SSSR count). The van der Waals surface area contributed by atoms with Crippen molar-refractivity contribution in [3.05, 3.63) is 59.3 Å². The molecule has 3 aromatic rings. The van der Waals surface area contributed by atoms with E-state index in [4.69, 9.17) is 5.73 Å². The van der Waals surface area contributed by atoms with E-state index in [-0.39, 0.29) is 5.75 Å². The van der Waals surface area contributed by atoms with Gasteiger partial charge < -0.3 is 15.4 Å². The zero-order valence-corrected chi connectivity index (χ0v) is 13.4. The first-order valence-corrected chi connectivity index (χ1v) is 7.61. The van der Waals surface area contributed by atoms with Gasteiger partial charge in [0, 0.05) is 17.5 Å². The third-order valence-corrected chi connectivity index (χ3v) is 3.92. The largest absolute Gasteiger partial charge is 0.508 e. The first kappa shape index (κ1) is 16.8. The van der Waals surface area contributed by atoms with E-state index in [1.165, 1.54) is 18.2 Å². The normalized spacial score (nSPS) is 11.4. The fourth-order valence-electron chi connectivity index (χ4n) is 2.73. The molecule has 0 atom stereocenters. The number of aromatic hydroxyl groups is 1. The number of phenolic OH excluding ortho intramolecular Hbond substituents is 1. The molecule has 0 aliphatic heterocycles. The Bertz CT molecular complexity index is 1010. The van der Waals surface area contributed by atoms with Crippen LogP contribution in [0.25, 0.3) is 10.9 Å². The smallest absolute Gasteiger partial charge is 0.416 e. The van der Waals surface area contributed by atoms with Crippen molar-refractivity contribution >= 4 is 16.6 Å². The lowest BCUT2D eigenvalue weighted by Crippen LogP contribution is -2.05. The molecule has 0 saturated carbocycles. The van der Waals surface area contributed by atoms with Gasteiger partial charge in [-0.3, -0.25) is 0 Å². The standard InChI is InChI=1S/C19H15F3N2O/c1-2-24-16(9-6-12-4-3-5-14(25)10-12)18(23)15-8-7-13(11-17(15)24)19(20,21)22/h3-5,7-8,10-11,25H,2,23H2,1H3. The molecule has 0 radical (unpaired) electrons. The van der Waals surface area contributed by atoms with Gasteiger partial charge in [0.2, 0.25) is 0 Å². The van der Waals surface area contributed by atoms with Crippen molar-refractivity contribution in [1.29, 1.82) is 0 Å². The lowest BCUT2D eigenvalue weighted by molar-refractivity contribution is -0.137. The summed E-state index contributed by atoms with van der Waals surface area (Å²) in [5, 5.41) is 10.0. The molecule has 3 N–H and O–H groups in total. The minimum Gasteiger partial charge on any atom is -0.508 e. The number of aryl methyl sites for hydroxylation is 1. The molecule has 25 heavy (non-hydrogen) atoms. The number of benzene rings is 2. The van der Waals surface area contributed by atoms with Crippen molar-refractivity contribution in [3.8, 4) is 17.6 Å². The van der Waals surface area contributed by atoms with Gasteiger partial charge in [-0.05, 0) is 43.2 Å². The number of hydrogen-bond acceptors (Lipinski definition) is 2. The molecular weight excluding hydrogens is 329 g/mol.